The predicted octanol–water partition coefficient (Wildman–Crippen LogP) is 5.91. The first-order valence-corrected chi connectivity index (χ1v) is 9.60. The number of benzene rings is 3. The highest BCUT2D eigenvalue weighted by atomic mass is 35.5. The molecule has 140 valence electrons. The molecule has 4 heteroatoms. The molecule has 27 heavy (non-hydrogen) atoms. The molecular formula is C23H24Cl2N2. The summed E-state index contributed by atoms with van der Waals surface area (Å²) in [4.78, 5) is 4.20. The van der Waals surface area contributed by atoms with Crippen LogP contribution in [0.15, 0.2) is 72.8 Å². The zero-order chi connectivity index (χ0) is 19.6. The summed E-state index contributed by atoms with van der Waals surface area (Å²) in [6.45, 7) is 0. The molecule has 0 saturated carbocycles. The first kappa shape index (κ1) is 19.8. The summed E-state index contributed by atoms with van der Waals surface area (Å²) in [6, 6.07) is 24.6. The van der Waals surface area contributed by atoms with Crippen LogP contribution in [0.3, 0.4) is 0 Å². The third kappa shape index (κ3) is 3.34. The minimum absolute atomic E-state index is 0.622. The molecule has 0 heterocycles. The van der Waals surface area contributed by atoms with Crippen LogP contribution in [0, 0.1) is 0 Å². The first-order valence-electron chi connectivity index (χ1n) is 8.85. The van der Waals surface area contributed by atoms with Crippen LogP contribution in [0.25, 0.3) is 0 Å². The molecule has 3 aromatic rings. The van der Waals surface area contributed by atoms with Crippen molar-refractivity contribution in [2.24, 2.45) is 0 Å². The lowest BCUT2D eigenvalue weighted by molar-refractivity contribution is 0.247. The number of anilines is 1. The van der Waals surface area contributed by atoms with Gasteiger partial charge in [0.15, 0.2) is 0 Å². The van der Waals surface area contributed by atoms with Gasteiger partial charge in [0.05, 0.1) is 16.2 Å². The second-order valence-electron chi connectivity index (χ2n) is 6.99. The molecule has 0 saturated heterocycles. The number of hydrogen-bond donors (Lipinski definition) is 0. The highest BCUT2D eigenvalue weighted by Gasteiger charge is 2.42. The van der Waals surface area contributed by atoms with Crippen LogP contribution in [0.5, 0.6) is 0 Å². The maximum Gasteiger partial charge on any atom is 0.0997 e. The maximum atomic E-state index is 6.98. The molecule has 0 unspecified atom stereocenters. The molecule has 0 aliphatic heterocycles. The Morgan fingerprint density at radius 1 is 0.667 bits per heavy atom. The minimum atomic E-state index is -0.622. The van der Waals surface area contributed by atoms with E-state index in [-0.39, 0.29) is 0 Å². The number of rotatable bonds is 5. The highest BCUT2D eigenvalue weighted by molar-refractivity contribution is 6.38. The molecule has 3 aromatic carbocycles. The maximum absolute atomic E-state index is 6.98. The summed E-state index contributed by atoms with van der Waals surface area (Å²) in [7, 11) is 8.10. The van der Waals surface area contributed by atoms with Gasteiger partial charge in [0.25, 0.3) is 0 Å². The van der Waals surface area contributed by atoms with E-state index in [9.17, 15) is 0 Å². The average Bonchev–Trinajstić information content (AvgIpc) is 2.66. The van der Waals surface area contributed by atoms with E-state index < -0.39 is 5.54 Å². The summed E-state index contributed by atoms with van der Waals surface area (Å²) in [5.74, 6) is 0. The average molecular weight is 399 g/mol. The van der Waals surface area contributed by atoms with Gasteiger partial charge < -0.3 is 4.90 Å². The van der Waals surface area contributed by atoms with Gasteiger partial charge in [-0.05, 0) is 37.4 Å². The molecule has 0 bridgehead atoms. The molecular weight excluding hydrogens is 375 g/mol. The number of hydrogen-bond acceptors (Lipinski definition) is 2. The van der Waals surface area contributed by atoms with Crippen molar-refractivity contribution in [3.05, 3.63) is 99.5 Å². The van der Waals surface area contributed by atoms with Gasteiger partial charge in [-0.15, -0.1) is 0 Å². The summed E-state index contributed by atoms with van der Waals surface area (Å²) in [5, 5.41) is 1.31. The lowest BCUT2D eigenvalue weighted by atomic mass is 9.75. The van der Waals surface area contributed by atoms with E-state index in [0.717, 1.165) is 22.4 Å². The molecule has 0 aromatic heterocycles. The lowest BCUT2D eigenvalue weighted by Crippen LogP contribution is -2.44. The van der Waals surface area contributed by atoms with Crippen molar-refractivity contribution in [2.75, 3.05) is 33.1 Å². The van der Waals surface area contributed by atoms with Crippen LogP contribution in [0.4, 0.5) is 5.69 Å². The SMILES string of the molecule is CN(C)c1ccc(Cl)c(C(c2ccccc2)(c2ccccc2)N(C)C)c1Cl. The predicted molar refractivity (Wildman–Crippen MR) is 117 cm³/mol. The van der Waals surface area contributed by atoms with Gasteiger partial charge in [-0.3, -0.25) is 4.90 Å². The van der Waals surface area contributed by atoms with Gasteiger partial charge in [-0.25, -0.2) is 0 Å². The van der Waals surface area contributed by atoms with Crippen molar-refractivity contribution in [3.63, 3.8) is 0 Å². The first-order chi connectivity index (χ1) is 12.9. The van der Waals surface area contributed by atoms with Crippen LogP contribution < -0.4 is 4.90 Å². The Kier molecular flexibility index (Phi) is 5.81. The van der Waals surface area contributed by atoms with Gasteiger partial charge in [-0.2, -0.15) is 0 Å². The zero-order valence-electron chi connectivity index (χ0n) is 16.1. The van der Waals surface area contributed by atoms with Crippen molar-refractivity contribution < 1.29 is 0 Å². The van der Waals surface area contributed by atoms with Crippen LogP contribution in [0.2, 0.25) is 10.0 Å². The Hall–Kier alpha value is -2.00. The fraction of sp³-hybridized carbons (Fsp3) is 0.217. The standard InChI is InChI=1S/C23H24Cl2N2/c1-26(2)20-16-15-19(24)21(22(20)25)23(27(3)4,17-11-7-5-8-12-17)18-13-9-6-10-14-18/h5-16H,1-4H3. The fourth-order valence-corrected chi connectivity index (χ4v) is 4.59. The molecule has 0 N–H and O–H groups in total. The Morgan fingerprint density at radius 3 is 1.56 bits per heavy atom. The monoisotopic (exact) mass is 398 g/mol. The van der Waals surface area contributed by atoms with E-state index >= 15 is 0 Å². The van der Waals surface area contributed by atoms with Gasteiger partial charge in [0.2, 0.25) is 0 Å². The van der Waals surface area contributed by atoms with E-state index in [4.69, 9.17) is 23.2 Å². The molecule has 2 nitrogen and oxygen atoms in total. The Morgan fingerprint density at radius 2 is 1.15 bits per heavy atom. The van der Waals surface area contributed by atoms with Crippen LogP contribution in [0.1, 0.15) is 16.7 Å². The molecule has 0 aliphatic carbocycles. The van der Waals surface area contributed by atoms with Gasteiger partial charge in [0.1, 0.15) is 0 Å². The number of nitrogens with zero attached hydrogens (tertiary/aromatic N) is 2. The van der Waals surface area contributed by atoms with E-state index in [1.54, 1.807) is 0 Å². The van der Waals surface area contributed by atoms with Crippen molar-refractivity contribution in [3.8, 4) is 0 Å². The van der Waals surface area contributed by atoms with Crippen molar-refractivity contribution in [1.29, 1.82) is 0 Å². The van der Waals surface area contributed by atoms with Crippen molar-refractivity contribution in [2.45, 2.75) is 5.54 Å². The molecule has 0 atom stereocenters. The number of halogens is 2. The summed E-state index contributed by atoms with van der Waals surface area (Å²) in [5.41, 5.74) is 3.43. The van der Waals surface area contributed by atoms with E-state index in [2.05, 4.69) is 43.3 Å². The van der Waals surface area contributed by atoms with Gasteiger partial charge in [0, 0.05) is 24.7 Å². The van der Waals surface area contributed by atoms with Crippen LogP contribution in [-0.2, 0) is 5.54 Å². The molecule has 0 aliphatic rings. The summed E-state index contributed by atoms with van der Waals surface area (Å²) < 4.78 is 0. The Bertz CT molecular complexity index is 867. The Labute approximate surface area is 171 Å². The van der Waals surface area contributed by atoms with Crippen LogP contribution in [-0.4, -0.2) is 33.1 Å². The third-order valence-corrected chi connectivity index (χ3v) is 5.67. The van der Waals surface area contributed by atoms with E-state index in [1.165, 1.54) is 0 Å². The molecule has 0 radical (unpaired) electrons. The lowest BCUT2D eigenvalue weighted by Gasteiger charge is -2.43. The highest BCUT2D eigenvalue weighted by Crippen LogP contribution is 2.49. The summed E-state index contributed by atoms with van der Waals surface area (Å²) in [6.07, 6.45) is 0. The van der Waals surface area contributed by atoms with Crippen molar-refractivity contribution >= 4 is 28.9 Å². The smallest absolute Gasteiger partial charge is 0.0997 e. The van der Waals surface area contributed by atoms with Crippen molar-refractivity contribution in [1.82, 2.24) is 4.90 Å². The largest absolute Gasteiger partial charge is 0.376 e. The minimum Gasteiger partial charge on any atom is -0.376 e. The second kappa shape index (κ2) is 7.93. The van der Waals surface area contributed by atoms with Gasteiger partial charge >= 0.3 is 0 Å². The fourth-order valence-electron chi connectivity index (χ4n) is 3.77. The van der Waals surface area contributed by atoms with E-state index in [0.29, 0.717) is 10.0 Å². The topological polar surface area (TPSA) is 6.48 Å². The quantitative estimate of drug-likeness (QED) is 0.492. The van der Waals surface area contributed by atoms with Gasteiger partial charge in [-0.1, -0.05) is 83.9 Å². The zero-order valence-corrected chi connectivity index (χ0v) is 17.6. The molecule has 0 amide bonds. The normalized spacial score (nSPS) is 11.7. The Balaban J connectivity index is 2.48. The molecule has 3 rings (SSSR count). The second-order valence-corrected chi connectivity index (χ2v) is 7.77. The molecule has 0 fully saturated rings. The van der Waals surface area contributed by atoms with E-state index in [1.807, 2.05) is 67.5 Å². The third-order valence-electron chi connectivity index (χ3n) is 4.97. The summed E-state index contributed by atoms with van der Waals surface area (Å²) >= 11 is 13.8. The van der Waals surface area contributed by atoms with Crippen LogP contribution >= 0.6 is 23.2 Å². The molecule has 0 spiro atoms.